The summed E-state index contributed by atoms with van der Waals surface area (Å²) in [7, 11) is 0. The maximum Gasteiger partial charge on any atom is 0.126 e. The van der Waals surface area contributed by atoms with Gasteiger partial charge in [0.25, 0.3) is 0 Å². The first-order valence-corrected chi connectivity index (χ1v) is 13.7. The summed E-state index contributed by atoms with van der Waals surface area (Å²) in [6, 6.07) is 0. The Labute approximate surface area is 193 Å². The zero-order valence-electron chi connectivity index (χ0n) is 21.0. The maximum absolute atomic E-state index is 9.21. The van der Waals surface area contributed by atoms with Gasteiger partial charge in [-0.15, -0.1) is 0 Å². The van der Waals surface area contributed by atoms with E-state index in [2.05, 4.69) is 32.9 Å². The standard InChI is InChI=1S/C28H53NO2/c1-4-25-27(2)22-18-20-24(28(25,3)23-27)19-16-14-12-10-8-6-5-7-9-11-13-15-17-21-26(30)29-31/h18,22,24-26,29-31H,4-17,19-21,23H2,1-3H3. The van der Waals surface area contributed by atoms with Crippen molar-refractivity contribution in [3.05, 3.63) is 12.2 Å². The van der Waals surface area contributed by atoms with E-state index in [9.17, 15) is 5.11 Å². The Kier molecular flexibility index (Phi) is 12.1. The number of hydrogen-bond donors (Lipinski definition) is 3. The number of hydroxylamine groups is 1. The minimum atomic E-state index is -0.750. The molecule has 0 aromatic carbocycles. The molecule has 0 heterocycles. The van der Waals surface area contributed by atoms with Gasteiger partial charge in [-0.3, -0.25) is 0 Å². The van der Waals surface area contributed by atoms with Crippen LogP contribution in [0.25, 0.3) is 0 Å². The monoisotopic (exact) mass is 435 g/mol. The molecule has 182 valence electrons. The number of unbranched alkanes of at least 4 members (excludes halogenated alkanes) is 12. The Morgan fingerprint density at radius 2 is 1.39 bits per heavy atom. The lowest BCUT2D eigenvalue weighted by molar-refractivity contribution is -0.112. The van der Waals surface area contributed by atoms with E-state index in [1.54, 1.807) is 0 Å². The first-order valence-electron chi connectivity index (χ1n) is 13.7. The second-order valence-electron chi connectivity index (χ2n) is 11.3. The lowest BCUT2D eigenvalue weighted by atomic mass is 9.43. The number of aliphatic hydroxyl groups is 1. The van der Waals surface area contributed by atoms with Crippen LogP contribution in [0.3, 0.4) is 0 Å². The van der Waals surface area contributed by atoms with Gasteiger partial charge < -0.3 is 10.3 Å². The van der Waals surface area contributed by atoms with Crippen LogP contribution >= 0.6 is 0 Å². The van der Waals surface area contributed by atoms with Gasteiger partial charge in [0.2, 0.25) is 0 Å². The summed E-state index contributed by atoms with van der Waals surface area (Å²) in [5, 5.41) is 17.8. The number of aliphatic hydroxyl groups excluding tert-OH is 1. The van der Waals surface area contributed by atoms with Gasteiger partial charge in [-0.1, -0.05) is 116 Å². The third-order valence-corrected chi connectivity index (χ3v) is 8.79. The van der Waals surface area contributed by atoms with Crippen molar-refractivity contribution >= 4 is 0 Å². The highest BCUT2D eigenvalue weighted by Crippen LogP contribution is 2.67. The molecule has 1 fully saturated rings. The zero-order chi connectivity index (χ0) is 22.6. The molecular weight excluding hydrogens is 382 g/mol. The van der Waals surface area contributed by atoms with Crippen LogP contribution in [0, 0.1) is 22.7 Å². The van der Waals surface area contributed by atoms with Crippen LogP contribution in [-0.4, -0.2) is 16.5 Å². The Bertz CT molecular complexity index is 507. The first-order chi connectivity index (χ1) is 15.0. The molecule has 1 saturated carbocycles. The molecule has 0 aliphatic heterocycles. The smallest absolute Gasteiger partial charge is 0.126 e. The molecule has 0 radical (unpaired) electrons. The van der Waals surface area contributed by atoms with Crippen molar-refractivity contribution in [3.63, 3.8) is 0 Å². The topological polar surface area (TPSA) is 52.5 Å². The first kappa shape index (κ1) is 26.9. The molecule has 3 heteroatoms. The highest BCUT2D eigenvalue weighted by atomic mass is 16.5. The quantitative estimate of drug-likeness (QED) is 0.0881. The Morgan fingerprint density at radius 1 is 0.871 bits per heavy atom. The van der Waals surface area contributed by atoms with Crippen LogP contribution in [-0.2, 0) is 0 Å². The molecule has 5 atom stereocenters. The van der Waals surface area contributed by atoms with Crippen LogP contribution < -0.4 is 5.48 Å². The highest BCUT2D eigenvalue weighted by Gasteiger charge is 2.59. The van der Waals surface area contributed by atoms with Crippen molar-refractivity contribution in [1.82, 2.24) is 5.48 Å². The molecular formula is C28H53NO2. The second kappa shape index (κ2) is 14.0. The van der Waals surface area contributed by atoms with E-state index < -0.39 is 6.23 Å². The number of nitrogens with one attached hydrogen (secondary N) is 1. The molecule has 3 aliphatic carbocycles. The van der Waals surface area contributed by atoms with E-state index in [1.807, 2.05) is 5.48 Å². The average Bonchev–Trinajstić information content (AvgIpc) is 2.93. The van der Waals surface area contributed by atoms with E-state index in [-0.39, 0.29) is 0 Å². The minimum Gasteiger partial charge on any atom is -0.377 e. The van der Waals surface area contributed by atoms with Gasteiger partial charge in [0, 0.05) is 0 Å². The fraction of sp³-hybridized carbons (Fsp3) is 0.929. The molecule has 5 unspecified atom stereocenters. The molecule has 3 rings (SSSR count). The Balaban J connectivity index is 1.38. The summed E-state index contributed by atoms with van der Waals surface area (Å²) in [5.74, 6) is 1.82. The van der Waals surface area contributed by atoms with Crippen molar-refractivity contribution in [2.75, 3.05) is 0 Å². The minimum absolute atomic E-state index is 0.500. The Hall–Kier alpha value is -0.380. The number of rotatable bonds is 18. The molecule has 0 spiro atoms. The molecule has 3 N–H and O–H groups in total. The summed E-state index contributed by atoms with van der Waals surface area (Å²) in [5.41, 5.74) is 2.99. The molecule has 0 amide bonds. The zero-order valence-corrected chi connectivity index (χ0v) is 21.0. The largest absolute Gasteiger partial charge is 0.377 e. The molecule has 3 aliphatic rings. The van der Waals surface area contributed by atoms with E-state index in [4.69, 9.17) is 5.21 Å². The normalized spacial score (nSPS) is 30.7. The molecule has 31 heavy (non-hydrogen) atoms. The van der Waals surface area contributed by atoms with Crippen LogP contribution in [0.4, 0.5) is 0 Å². The van der Waals surface area contributed by atoms with Crippen LogP contribution in [0.5, 0.6) is 0 Å². The van der Waals surface area contributed by atoms with E-state index >= 15 is 0 Å². The van der Waals surface area contributed by atoms with Gasteiger partial charge >= 0.3 is 0 Å². The number of hydrogen-bond acceptors (Lipinski definition) is 3. The summed E-state index contributed by atoms with van der Waals surface area (Å²) >= 11 is 0. The maximum atomic E-state index is 9.21. The van der Waals surface area contributed by atoms with Crippen molar-refractivity contribution in [1.29, 1.82) is 0 Å². The molecule has 0 aromatic rings. The highest BCUT2D eigenvalue weighted by molar-refractivity contribution is 5.19. The average molecular weight is 436 g/mol. The summed E-state index contributed by atoms with van der Waals surface area (Å²) in [6.45, 7) is 7.49. The fourth-order valence-electron chi connectivity index (χ4n) is 7.18. The van der Waals surface area contributed by atoms with Crippen LogP contribution in [0.2, 0.25) is 0 Å². The van der Waals surface area contributed by atoms with E-state index in [0.29, 0.717) is 17.3 Å². The lowest BCUT2D eigenvalue weighted by Gasteiger charge is -2.62. The van der Waals surface area contributed by atoms with Gasteiger partial charge in [0.15, 0.2) is 0 Å². The van der Waals surface area contributed by atoms with E-state index in [0.717, 1.165) is 24.7 Å². The van der Waals surface area contributed by atoms with Gasteiger partial charge in [-0.25, -0.2) is 0 Å². The van der Waals surface area contributed by atoms with Crippen LogP contribution in [0.15, 0.2) is 12.2 Å². The van der Waals surface area contributed by atoms with Gasteiger partial charge in [0.1, 0.15) is 6.23 Å². The van der Waals surface area contributed by atoms with Crippen molar-refractivity contribution in [3.8, 4) is 0 Å². The second-order valence-corrected chi connectivity index (χ2v) is 11.3. The third kappa shape index (κ3) is 8.16. The predicted octanol–water partition coefficient (Wildman–Crippen LogP) is 8.15. The predicted molar refractivity (Wildman–Crippen MR) is 132 cm³/mol. The molecule has 2 bridgehead atoms. The molecule has 0 aromatic heterocycles. The summed E-state index contributed by atoms with van der Waals surface area (Å²) in [6.07, 6.45) is 27.9. The summed E-state index contributed by atoms with van der Waals surface area (Å²) < 4.78 is 0. The molecule has 3 nitrogen and oxygen atoms in total. The van der Waals surface area contributed by atoms with Crippen molar-refractivity contribution < 1.29 is 10.3 Å². The van der Waals surface area contributed by atoms with Crippen LogP contribution in [0.1, 0.15) is 136 Å². The van der Waals surface area contributed by atoms with Crippen molar-refractivity contribution in [2.24, 2.45) is 22.7 Å². The van der Waals surface area contributed by atoms with Crippen molar-refractivity contribution in [2.45, 2.75) is 143 Å². The third-order valence-electron chi connectivity index (χ3n) is 8.79. The fourth-order valence-corrected chi connectivity index (χ4v) is 7.18. The van der Waals surface area contributed by atoms with Gasteiger partial charge in [0.05, 0.1) is 0 Å². The molecule has 0 saturated heterocycles. The number of fused-ring (bicyclic) bond motifs is 2. The SMILES string of the molecule is CCC1C2(C)C=CCC(CCCCCCCCCCCCCCCC(O)NO)C1(C)C2. The summed E-state index contributed by atoms with van der Waals surface area (Å²) in [4.78, 5) is 0. The Morgan fingerprint density at radius 3 is 1.90 bits per heavy atom. The van der Waals surface area contributed by atoms with Gasteiger partial charge in [-0.05, 0) is 54.8 Å². The van der Waals surface area contributed by atoms with E-state index in [1.165, 1.54) is 96.3 Å². The lowest BCUT2D eigenvalue weighted by Crippen LogP contribution is -2.54. The number of allylic oxidation sites excluding steroid dienone is 2. The van der Waals surface area contributed by atoms with Gasteiger partial charge in [-0.2, -0.15) is 5.48 Å².